The molecule has 0 amide bonds. The Bertz CT molecular complexity index is 588. The van der Waals surface area contributed by atoms with E-state index in [0.717, 1.165) is 11.3 Å². The molecular weight excluding hydrogens is 271 g/mol. The quantitative estimate of drug-likeness (QED) is 0.840. The first-order valence-corrected chi connectivity index (χ1v) is 9.60. The summed E-state index contributed by atoms with van der Waals surface area (Å²) in [7, 11) is -2.05. The molecule has 1 N–H and O–H groups in total. The van der Waals surface area contributed by atoms with Gasteiger partial charge in [-0.05, 0) is 42.4 Å². The monoisotopic (exact) mass is 292 g/mol. The highest BCUT2D eigenvalue weighted by atomic mass is 28.4. The molecule has 5 heteroatoms. The van der Waals surface area contributed by atoms with Crippen LogP contribution in [0, 0.1) is 5.82 Å². The van der Waals surface area contributed by atoms with Crippen LogP contribution in [0.1, 0.15) is 20.8 Å². The van der Waals surface area contributed by atoms with Crippen molar-refractivity contribution in [1.29, 1.82) is 0 Å². The molecule has 2 aromatic rings. The number of hydrogen-bond donors (Lipinski definition) is 1. The van der Waals surface area contributed by atoms with Crippen molar-refractivity contribution < 1.29 is 8.82 Å². The van der Waals surface area contributed by atoms with Gasteiger partial charge in [0.1, 0.15) is 5.75 Å². The van der Waals surface area contributed by atoms with Gasteiger partial charge >= 0.3 is 0 Å². The lowest BCUT2D eigenvalue weighted by molar-refractivity contribution is 0.457. The third kappa shape index (κ3) is 2.93. The molecular formula is C15H21FN2OSi. The van der Waals surface area contributed by atoms with E-state index in [1.807, 2.05) is 6.07 Å². The Labute approximate surface area is 120 Å². The second-order valence-corrected chi connectivity index (χ2v) is 11.2. The summed E-state index contributed by atoms with van der Waals surface area (Å²) in [6, 6.07) is 6.76. The van der Waals surface area contributed by atoms with Gasteiger partial charge in [-0.25, -0.2) is 4.39 Å². The second-order valence-electron chi connectivity index (χ2n) is 6.48. The molecule has 1 heterocycles. The average Bonchev–Trinajstić information content (AvgIpc) is 2.84. The van der Waals surface area contributed by atoms with Crippen LogP contribution in [0.3, 0.4) is 0 Å². The summed E-state index contributed by atoms with van der Waals surface area (Å²) in [5.74, 6) is 0.00165. The molecule has 0 spiro atoms. The zero-order valence-electron chi connectivity index (χ0n) is 12.6. The van der Waals surface area contributed by atoms with Gasteiger partial charge in [-0.2, -0.15) is 5.10 Å². The number of nitrogens with one attached hydrogen (secondary N) is 1. The molecule has 3 nitrogen and oxygen atoms in total. The van der Waals surface area contributed by atoms with Crippen molar-refractivity contribution in [1.82, 2.24) is 10.2 Å². The molecule has 1 aromatic heterocycles. The summed E-state index contributed by atoms with van der Waals surface area (Å²) in [6.07, 6.45) is 1.67. The number of rotatable bonds is 3. The number of halogens is 1. The summed E-state index contributed by atoms with van der Waals surface area (Å²) in [5, 5.41) is 6.82. The smallest absolute Gasteiger partial charge is 0.250 e. The van der Waals surface area contributed by atoms with Crippen LogP contribution < -0.4 is 4.43 Å². The van der Waals surface area contributed by atoms with Crippen LogP contribution >= 0.6 is 0 Å². The third-order valence-electron chi connectivity index (χ3n) is 3.91. The van der Waals surface area contributed by atoms with Gasteiger partial charge in [0.05, 0.1) is 5.69 Å². The first kappa shape index (κ1) is 14.8. The largest absolute Gasteiger partial charge is 0.542 e. The van der Waals surface area contributed by atoms with Crippen molar-refractivity contribution in [2.45, 2.75) is 38.9 Å². The number of aromatic nitrogens is 2. The van der Waals surface area contributed by atoms with Crippen LogP contribution in [-0.2, 0) is 0 Å². The van der Waals surface area contributed by atoms with E-state index >= 15 is 0 Å². The van der Waals surface area contributed by atoms with E-state index in [1.54, 1.807) is 18.3 Å². The van der Waals surface area contributed by atoms with Crippen LogP contribution in [0.2, 0.25) is 18.1 Å². The van der Waals surface area contributed by atoms with Crippen LogP contribution in [0.15, 0.2) is 30.5 Å². The second kappa shape index (κ2) is 5.05. The summed E-state index contributed by atoms with van der Waals surface area (Å²) >= 11 is 0. The normalized spacial score (nSPS) is 12.5. The first-order valence-electron chi connectivity index (χ1n) is 6.69. The van der Waals surface area contributed by atoms with Gasteiger partial charge in [-0.15, -0.1) is 0 Å². The Morgan fingerprint density at radius 3 is 2.45 bits per heavy atom. The van der Waals surface area contributed by atoms with Gasteiger partial charge in [0.25, 0.3) is 8.32 Å². The fraction of sp³-hybridized carbons (Fsp3) is 0.400. The molecule has 0 unspecified atom stereocenters. The number of nitrogens with zero attached hydrogens (tertiary/aromatic N) is 1. The average molecular weight is 292 g/mol. The first-order chi connectivity index (χ1) is 9.21. The zero-order valence-corrected chi connectivity index (χ0v) is 13.6. The van der Waals surface area contributed by atoms with E-state index in [2.05, 4.69) is 44.1 Å². The van der Waals surface area contributed by atoms with E-state index in [1.165, 1.54) is 6.07 Å². The summed E-state index contributed by atoms with van der Waals surface area (Å²) in [5.41, 5.74) is 1.72. The molecule has 0 bridgehead atoms. The van der Waals surface area contributed by atoms with Crippen molar-refractivity contribution >= 4 is 8.32 Å². The maximum Gasteiger partial charge on any atom is 0.250 e. The summed E-state index contributed by atoms with van der Waals surface area (Å²) < 4.78 is 20.1. The van der Waals surface area contributed by atoms with Crippen molar-refractivity contribution in [3.05, 3.63) is 36.3 Å². The van der Waals surface area contributed by atoms with E-state index in [0.29, 0.717) is 5.75 Å². The summed E-state index contributed by atoms with van der Waals surface area (Å²) in [6.45, 7) is 10.6. The lowest BCUT2D eigenvalue weighted by Gasteiger charge is -2.36. The minimum atomic E-state index is -2.05. The molecule has 2 rings (SSSR count). The number of hydrogen-bond acceptors (Lipinski definition) is 2. The van der Waals surface area contributed by atoms with Crippen molar-refractivity contribution in [3.8, 4) is 17.0 Å². The molecule has 0 saturated heterocycles. The Balaban J connectivity index is 2.35. The SMILES string of the molecule is CC(C)(C)[Si](C)(C)Oc1cc(-c2ccn[nH]2)ccc1F. The van der Waals surface area contributed by atoms with Gasteiger partial charge < -0.3 is 4.43 Å². The fourth-order valence-electron chi connectivity index (χ4n) is 1.59. The van der Waals surface area contributed by atoms with Crippen LogP contribution in [0.25, 0.3) is 11.3 Å². The number of H-pyrrole nitrogens is 1. The zero-order chi connectivity index (χ0) is 15.0. The molecule has 0 fully saturated rings. The Morgan fingerprint density at radius 2 is 1.90 bits per heavy atom. The molecule has 0 aliphatic carbocycles. The molecule has 108 valence electrons. The lowest BCUT2D eigenvalue weighted by Crippen LogP contribution is -2.44. The minimum Gasteiger partial charge on any atom is -0.542 e. The van der Waals surface area contributed by atoms with Crippen molar-refractivity contribution in [2.24, 2.45) is 0 Å². The van der Waals surface area contributed by atoms with Crippen LogP contribution in [0.4, 0.5) is 4.39 Å². The predicted octanol–water partition coefficient (Wildman–Crippen LogP) is 4.60. The fourth-order valence-corrected chi connectivity index (χ4v) is 2.61. The molecule has 0 atom stereocenters. The van der Waals surface area contributed by atoms with Crippen LogP contribution in [-0.4, -0.2) is 18.5 Å². The maximum atomic E-state index is 14.0. The van der Waals surface area contributed by atoms with E-state index in [4.69, 9.17) is 4.43 Å². The Kier molecular flexibility index (Phi) is 3.73. The lowest BCUT2D eigenvalue weighted by atomic mass is 10.1. The van der Waals surface area contributed by atoms with Gasteiger partial charge in [-0.3, -0.25) is 5.10 Å². The highest BCUT2D eigenvalue weighted by molar-refractivity contribution is 6.74. The Morgan fingerprint density at radius 1 is 1.20 bits per heavy atom. The van der Waals surface area contributed by atoms with Gasteiger partial charge in [0.2, 0.25) is 0 Å². The standard InChI is InChI=1S/C15H21FN2OSi/c1-15(2,3)20(4,5)19-14-10-11(6-7-12(14)16)13-8-9-17-18-13/h6-10H,1-5H3,(H,17,18). The molecule has 0 radical (unpaired) electrons. The van der Waals surface area contributed by atoms with Crippen molar-refractivity contribution in [2.75, 3.05) is 0 Å². The van der Waals surface area contributed by atoms with E-state index in [9.17, 15) is 4.39 Å². The predicted molar refractivity (Wildman–Crippen MR) is 81.8 cm³/mol. The van der Waals surface area contributed by atoms with Crippen LogP contribution in [0.5, 0.6) is 5.75 Å². The maximum absolute atomic E-state index is 14.0. The highest BCUT2D eigenvalue weighted by Gasteiger charge is 2.39. The van der Waals surface area contributed by atoms with Gasteiger partial charge in [-0.1, -0.05) is 20.8 Å². The Hall–Kier alpha value is -1.62. The van der Waals surface area contributed by atoms with E-state index < -0.39 is 8.32 Å². The molecule has 0 saturated carbocycles. The van der Waals surface area contributed by atoms with Crippen molar-refractivity contribution in [3.63, 3.8) is 0 Å². The molecule has 1 aromatic carbocycles. The number of benzene rings is 1. The number of aromatic amines is 1. The topological polar surface area (TPSA) is 37.9 Å². The minimum absolute atomic E-state index is 0.0312. The molecule has 20 heavy (non-hydrogen) atoms. The summed E-state index contributed by atoms with van der Waals surface area (Å²) in [4.78, 5) is 0. The van der Waals surface area contributed by atoms with Gasteiger partial charge in [0, 0.05) is 11.8 Å². The third-order valence-corrected chi connectivity index (χ3v) is 8.26. The molecule has 0 aliphatic heterocycles. The van der Waals surface area contributed by atoms with Gasteiger partial charge in [0.15, 0.2) is 5.82 Å². The van der Waals surface area contributed by atoms with E-state index in [-0.39, 0.29) is 10.9 Å². The highest BCUT2D eigenvalue weighted by Crippen LogP contribution is 2.38. The molecule has 0 aliphatic rings.